The number of anilines is 1. The van der Waals surface area contributed by atoms with E-state index in [1.165, 1.54) is 21.7 Å². The molecule has 1 aromatic rings. The molecule has 0 radical (unpaired) electrons. The molecule has 2 aliphatic rings. The Bertz CT molecular complexity index is 611. The average molecular weight is 366 g/mol. The second-order valence-electron chi connectivity index (χ2n) is 6.89. The molecule has 0 aliphatic carbocycles. The minimum atomic E-state index is -0.000407. The molecule has 5 nitrogen and oxygen atoms in total. The molecule has 0 saturated carbocycles. The molecule has 0 aromatic heterocycles. The van der Waals surface area contributed by atoms with Gasteiger partial charge in [0.25, 0.3) is 0 Å². The summed E-state index contributed by atoms with van der Waals surface area (Å²) in [5.41, 5.74) is 3.99. The Morgan fingerprint density at radius 3 is 2.12 bits per heavy atom. The molecular formula is C19H28ClN3O2. The molecule has 2 amide bonds. The van der Waals surface area contributed by atoms with E-state index in [4.69, 9.17) is 0 Å². The maximum absolute atomic E-state index is 11.6. The van der Waals surface area contributed by atoms with Gasteiger partial charge in [-0.2, -0.15) is 0 Å². The van der Waals surface area contributed by atoms with Crippen LogP contribution >= 0.6 is 12.4 Å². The van der Waals surface area contributed by atoms with E-state index in [-0.39, 0.29) is 24.2 Å². The van der Waals surface area contributed by atoms with Crippen molar-refractivity contribution in [3.8, 4) is 0 Å². The highest BCUT2D eigenvalue weighted by atomic mass is 35.5. The van der Waals surface area contributed by atoms with E-state index in [9.17, 15) is 9.59 Å². The van der Waals surface area contributed by atoms with Crippen LogP contribution in [0.25, 0.3) is 0 Å². The van der Waals surface area contributed by atoms with Gasteiger partial charge in [-0.15, -0.1) is 12.4 Å². The van der Waals surface area contributed by atoms with Crippen molar-refractivity contribution in [3.05, 3.63) is 29.3 Å². The predicted molar refractivity (Wildman–Crippen MR) is 102 cm³/mol. The average Bonchev–Trinajstić information content (AvgIpc) is 2.90. The van der Waals surface area contributed by atoms with Crippen LogP contribution in [0.15, 0.2) is 18.2 Å². The van der Waals surface area contributed by atoms with E-state index >= 15 is 0 Å². The highest BCUT2D eigenvalue weighted by Crippen LogP contribution is 2.20. The zero-order valence-electron chi connectivity index (χ0n) is 15.2. The van der Waals surface area contributed by atoms with Crippen LogP contribution in [-0.2, 0) is 9.59 Å². The summed E-state index contributed by atoms with van der Waals surface area (Å²) in [6.07, 6.45) is 1.67. The molecule has 0 spiro atoms. The summed E-state index contributed by atoms with van der Waals surface area (Å²) in [5, 5.41) is 0. The molecular weight excluding hydrogens is 338 g/mol. The van der Waals surface area contributed by atoms with Crippen molar-refractivity contribution in [1.29, 1.82) is 0 Å². The molecule has 2 heterocycles. The normalized spacial score (nSPS) is 18.6. The van der Waals surface area contributed by atoms with Crippen molar-refractivity contribution in [2.24, 2.45) is 0 Å². The molecule has 0 atom stereocenters. The van der Waals surface area contributed by atoms with Crippen molar-refractivity contribution >= 4 is 29.9 Å². The lowest BCUT2D eigenvalue weighted by molar-refractivity contribution is -0.138. The number of carbonyl (C=O) groups is 2. The van der Waals surface area contributed by atoms with Gasteiger partial charge in [0.15, 0.2) is 0 Å². The lowest BCUT2D eigenvalue weighted by atomic mass is 10.1. The summed E-state index contributed by atoms with van der Waals surface area (Å²) in [5.74, 6) is -0.000815. The third-order valence-corrected chi connectivity index (χ3v) is 5.24. The number of likely N-dealkylation sites (tertiary alicyclic amines) is 1. The number of nitrogens with zero attached hydrogens (tertiary/aromatic N) is 3. The third-order valence-electron chi connectivity index (χ3n) is 5.24. The number of benzene rings is 1. The van der Waals surface area contributed by atoms with Crippen LogP contribution in [0.5, 0.6) is 0 Å². The first-order chi connectivity index (χ1) is 11.5. The van der Waals surface area contributed by atoms with Crippen LogP contribution in [0.4, 0.5) is 5.69 Å². The highest BCUT2D eigenvalue weighted by Gasteiger charge is 2.28. The van der Waals surface area contributed by atoms with Crippen LogP contribution in [0.2, 0.25) is 0 Å². The quantitative estimate of drug-likeness (QED) is 0.751. The zero-order chi connectivity index (χ0) is 17.1. The maximum atomic E-state index is 11.6. The summed E-state index contributed by atoms with van der Waals surface area (Å²) >= 11 is 0. The SMILES string of the molecule is Cc1ccc(N2CCN(CCCN3C(=O)CCC3=O)CC2)cc1C.Cl. The van der Waals surface area contributed by atoms with Gasteiger partial charge in [-0.05, 0) is 50.1 Å². The minimum Gasteiger partial charge on any atom is -0.369 e. The summed E-state index contributed by atoms with van der Waals surface area (Å²) in [6.45, 7) is 9.98. The zero-order valence-corrected chi connectivity index (χ0v) is 16.0. The first kappa shape index (κ1) is 19.7. The van der Waals surface area contributed by atoms with E-state index in [1.54, 1.807) is 0 Å². The van der Waals surface area contributed by atoms with Gasteiger partial charge in [0.1, 0.15) is 0 Å². The standard InChI is InChI=1S/C19H27N3O2.ClH/c1-15-4-5-17(14-16(15)2)21-12-10-20(11-13-21)8-3-9-22-18(23)6-7-19(22)24;/h4-5,14H,3,6-13H2,1-2H3;1H. The summed E-state index contributed by atoms with van der Waals surface area (Å²) in [7, 11) is 0. The Balaban J connectivity index is 0.00000225. The van der Waals surface area contributed by atoms with Crippen molar-refractivity contribution in [3.63, 3.8) is 0 Å². The van der Waals surface area contributed by atoms with E-state index in [2.05, 4.69) is 41.8 Å². The van der Waals surface area contributed by atoms with Crippen molar-refractivity contribution in [1.82, 2.24) is 9.80 Å². The molecule has 0 unspecified atom stereocenters. The second kappa shape index (κ2) is 8.68. The fraction of sp³-hybridized carbons (Fsp3) is 0.579. The number of amides is 2. The summed E-state index contributed by atoms with van der Waals surface area (Å²) in [6, 6.07) is 6.68. The molecule has 3 rings (SSSR count). The molecule has 2 saturated heterocycles. The molecule has 138 valence electrons. The molecule has 2 aliphatic heterocycles. The number of imide groups is 1. The molecule has 0 N–H and O–H groups in total. The van der Waals surface area contributed by atoms with Gasteiger partial charge in [0.05, 0.1) is 0 Å². The fourth-order valence-corrected chi connectivity index (χ4v) is 3.48. The number of hydrogen-bond acceptors (Lipinski definition) is 4. The number of piperazine rings is 1. The summed E-state index contributed by atoms with van der Waals surface area (Å²) in [4.78, 5) is 29.5. The van der Waals surface area contributed by atoms with Gasteiger partial charge in [-0.1, -0.05) is 6.07 Å². The molecule has 0 bridgehead atoms. The fourth-order valence-electron chi connectivity index (χ4n) is 3.48. The molecule has 2 fully saturated rings. The van der Waals surface area contributed by atoms with E-state index in [0.717, 1.165) is 39.1 Å². The van der Waals surface area contributed by atoms with Crippen molar-refractivity contribution in [2.75, 3.05) is 44.2 Å². The first-order valence-electron chi connectivity index (χ1n) is 8.92. The number of halogens is 1. The minimum absolute atomic E-state index is 0. The van der Waals surface area contributed by atoms with Crippen LogP contribution in [0, 0.1) is 13.8 Å². The summed E-state index contributed by atoms with van der Waals surface area (Å²) < 4.78 is 0. The number of hydrogen-bond donors (Lipinski definition) is 0. The Labute approximate surface area is 156 Å². The smallest absolute Gasteiger partial charge is 0.229 e. The molecule has 1 aromatic carbocycles. The lowest BCUT2D eigenvalue weighted by Gasteiger charge is -2.36. The highest BCUT2D eigenvalue weighted by molar-refractivity contribution is 6.01. The number of rotatable bonds is 5. The third kappa shape index (κ3) is 4.73. The van der Waals surface area contributed by atoms with E-state index in [1.807, 2.05) is 0 Å². The lowest BCUT2D eigenvalue weighted by Crippen LogP contribution is -2.47. The van der Waals surface area contributed by atoms with Crippen LogP contribution in [0.3, 0.4) is 0 Å². The Kier molecular flexibility index (Phi) is 6.85. The second-order valence-corrected chi connectivity index (χ2v) is 6.89. The molecule has 25 heavy (non-hydrogen) atoms. The first-order valence-corrected chi connectivity index (χ1v) is 8.92. The number of aryl methyl sites for hydroxylation is 2. The van der Waals surface area contributed by atoms with Crippen LogP contribution in [-0.4, -0.2) is 60.9 Å². The maximum Gasteiger partial charge on any atom is 0.229 e. The van der Waals surface area contributed by atoms with Gasteiger partial charge in [0, 0.05) is 51.3 Å². The van der Waals surface area contributed by atoms with Gasteiger partial charge in [-0.25, -0.2) is 0 Å². The molecule has 6 heteroatoms. The van der Waals surface area contributed by atoms with Gasteiger partial charge in [0.2, 0.25) is 11.8 Å². The largest absolute Gasteiger partial charge is 0.369 e. The Morgan fingerprint density at radius 1 is 0.880 bits per heavy atom. The Hall–Kier alpha value is -1.59. The van der Waals surface area contributed by atoms with Gasteiger partial charge < -0.3 is 4.90 Å². The monoisotopic (exact) mass is 365 g/mol. The number of carbonyl (C=O) groups excluding carboxylic acids is 2. The van der Waals surface area contributed by atoms with Crippen molar-refractivity contribution < 1.29 is 9.59 Å². The van der Waals surface area contributed by atoms with E-state index in [0.29, 0.717) is 19.4 Å². The van der Waals surface area contributed by atoms with Gasteiger partial charge in [-0.3, -0.25) is 19.4 Å². The van der Waals surface area contributed by atoms with Crippen LogP contribution in [0.1, 0.15) is 30.4 Å². The van der Waals surface area contributed by atoms with Crippen LogP contribution < -0.4 is 4.90 Å². The topological polar surface area (TPSA) is 43.9 Å². The van der Waals surface area contributed by atoms with Crippen molar-refractivity contribution in [2.45, 2.75) is 33.1 Å². The van der Waals surface area contributed by atoms with E-state index < -0.39 is 0 Å². The van der Waals surface area contributed by atoms with Gasteiger partial charge >= 0.3 is 0 Å². The predicted octanol–water partition coefficient (Wildman–Crippen LogP) is 2.39. The Morgan fingerprint density at radius 2 is 1.52 bits per heavy atom.